The third-order valence-corrected chi connectivity index (χ3v) is 21.9. The van der Waals surface area contributed by atoms with Gasteiger partial charge in [0.15, 0.2) is 0 Å². The molecule has 0 radical (unpaired) electrons. The van der Waals surface area contributed by atoms with Crippen molar-refractivity contribution in [2.45, 2.75) is 93.4 Å². The Balaban J connectivity index is 0.000000108. The van der Waals surface area contributed by atoms with Crippen LogP contribution in [0, 0.1) is 58.5 Å². The third-order valence-electron chi connectivity index (χ3n) is 21.9. The Bertz CT molecular complexity index is 6090. The summed E-state index contributed by atoms with van der Waals surface area (Å²) < 4.78 is 9.28. The predicted octanol–water partition coefficient (Wildman–Crippen LogP) is 19.1. The van der Waals surface area contributed by atoms with E-state index in [1.54, 1.807) is 0 Å². The van der Waals surface area contributed by atoms with E-state index >= 15 is 0 Å². The molecule has 19 rings (SSSR count). The first-order chi connectivity index (χ1) is 51.6. The SMILES string of the molecule is C/C(=C\n1c2c(c3cc(C)cc(C)c31)CN(C)CC2)c1ccncc1.Cc1ccc2c(c1)c1c(n2/C=C/c2cccc3ccccc23)CCN(C)C1.Cc1ccc2c(c1)c1c(n2C#Cc2cccc3cnccc23)CCN(C)C1.Cc1ccc2c(c1)c1c(n2C#Cc2cnc3ccccc3c2)CCN(C)C1. The van der Waals surface area contributed by atoms with Gasteiger partial charge < -0.3 is 28.7 Å². The minimum atomic E-state index is 0.948. The van der Waals surface area contributed by atoms with E-state index in [0.29, 0.717) is 0 Å². The van der Waals surface area contributed by atoms with Crippen LogP contribution in [0.25, 0.3) is 100 Å². The van der Waals surface area contributed by atoms with Gasteiger partial charge in [-0.15, -0.1) is 0 Å². The summed E-state index contributed by atoms with van der Waals surface area (Å²) >= 11 is 0. The average Bonchev–Trinajstić information content (AvgIpc) is 1.63. The monoisotopic (exact) mass is 1390 g/mol. The van der Waals surface area contributed by atoms with Gasteiger partial charge in [0.25, 0.3) is 0 Å². The van der Waals surface area contributed by atoms with Crippen LogP contribution in [-0.2, 0) is 51.9 Å². The first-order valence-electron chi connectivity index (χ1n) is 37.4. The number of hydrogen-bond acceptors (Lipinski definition) is 7. The van der Waals surface area contributed by atoms with Gasteiger partial charge in [-0.25, -0.2) is 0 Å². The quantitative estimate of drug-likeness (QED) is 0.163. The molecule has 0 unspecified atom stereocenters. The molecule has 0 saturated carbocycles. The van der Waals surface area contributed by atoms with Gasteiger partial charge >= 0.3 is 0 Å². The molecule has 0 bridgehead atoms. The maximum atomic E-state index is 4.53. The summed E-state index contributed by atoms with van der Waals surface area (Å²) in [5, 5.41) is 11.5. The zero-order chi connectivity index (χ0) is 72.7. The normalized spacial score (nSPS) is 14.7. The second-order valence-corrected chi connectivity index (χ2v) is 29.8. The van der Waals surface area contributed by atoms with Crippen molar-refractivity contribution in [1.29, 1.82) is 0 Å². The van der Waals surface area contributed by atoms with E-state index in [9.17, 15) is 0 Å². The lowest BCUT2D eigenvalue weighted by Crippen LogP contribution is -2.27. The van der Waals surface area contributed by atoms with Crippen molar-refractivity contribution in [2.24, 2.45) is 0 Å². The van der Waals surface area contributed by atoms with E-state index in [1.165, 1.54) is 144 Å². The lowest BCUT2D eigenvalue weighted by Gasteiger charge is -2.23. The van der Waals surface area contributed by atoms with Crippen LogP contribution >= 0.6 is 0 Å². The van der Waals surface area contributed by atoms with Gasteiger partial charge in [-0.1, -0.05) is 119 Å². The van der Waals surface area contributed by atoms with Crippen LogP contribution in [0.1, 0.15) is 102 Å². The highest BCUT2D eigenvalue weighted by molar-refractivity contribution is 5.96. The lowest BCUT2D eigenvalue weighted by molar-refractivity contribution is 0.311. The number of para-hydroxylation sites is 1. The Morgan fingerprint density at radius 2 is 0.934 bits per heavy atom. The van der Waals surface area contributed by atoms with Gasteiger partial charge in [0.2, 0.25) is 0 Å². The van der Waals surface area contributed by atoms with Crippen LogP contribution in [0.15, 0.2) is 207 Å². The molecular formula is C95H91N11. The van der Waals surface area contributed by atoms with E-state index in [-0.39, 0.29) is 0 Å². The second kappa shape index (κ2) is 29.6. The van der Waals surface area contributed by atoms with Gasteiger partial charge in [0, 0.05) is 205 Å². The summed E-state index contributed by atoms with van der Waals surface area (Å²) in [6.07, 6.45) is 20.4. The fraction of sp³-hybridized carbons (Fsp3) is 0.232. The van der Waals surface area contributed by atoms with Crippen LogP contribution in [0.3, 0.4) is 0 Å². The van der Waals surface area contributed by atoms with E-state index in [0.717, 1.165) is 111 Å². The van der Waals surface area contributed by atoms with Crippen LogP contribution in [0.4, 0.5) is 0 Å². The molecule has 15 aromatic rings. The van der Waals surface area contributed by atoms with Crippen molar-refractivity contribution in [2.75, 3.05) is 54.4 Å². The van der Waals surface area contributed by atoms with Gasteiger partial charge in [-0.2, -0.15) is 0 Å². The van der Waals surface area contributed by atoms with Crippen molar-refractivity contribution < 1.29 is 0 Å². The maximum Gasteiger partial charge on any atom is 0.0702 e. The number of rotatable bonds is 4. The molecule has 0 N–H and O–H groups in total. The first kappa shape index (κ1) is 69.0. The average molecular weight is 1390 g/mol. The largest absolute Gasteiger partial charge is 0.320 e. The number of hydrogen-bond donors (Lipinski definition) is 0. The first-order valence-corrected chi connectivity index (χ1v) is 37.4. The highest BCUT2D eigenvalue weighted by Gasteiger charge is 2.27. The minimum Gasteiger partial charge on any atom is -0.320 e. The lowest BCUT2D eigenvalue weighted by atomic mass is 10.0. The highest BCUT2D eigenvalue weighted by atomic mass is 15.1. The summed E-state index contributed by atoms with van der Waals surface area (Å²) in [4.78, 5) is 22.5. The van der Waals surface area contributed by atoms with E-state index in [1.807, 2.05) is 55.2 Å². The summed E-state index contributed by atoms with van der Waals surface area (Å²) in [5.74, 6) is 6.77. The summed E-state index contributed by atoms with van der Waals surface area (Å²) in [6.45, 7) is 21.5. The van der Waals surface area contributed by atoms with E-state index < -0.39 is 0 Å². The van der Waals surface area contributed by atoms with E-state index in [4.69, 9.17) is 0 Å². The molecule has 0 aliphatic carbocycles. The molecule has 8 aromatic carbocycles. The van der Waals surface area contributed by atoms with Crippen molar-refractivity contribution in [3.8, 4) is 23.9 Å². The van der Waals surface area contributed by atoms with Gasteiger partial charge in [0.1, 0.15) is 0 Å². The molecule has 0 saturated heterocycles. The molecule has 7 aromatic heterocycles. The Kier molecular flexibility index (Phi) is 19.3. The standard InChI is InChI=1S/C25H24N2.2C24H21N3.C22H25N3/c1-18-10-11-24-22(16-18)23-17-26(2)14-13-25(23)27(24)15-12-20-8-5-7-19-6-3-4-9-21(19)20;1-17-6-7-23-21(14-17)22-16-26(2)12-10-24(22)27(23)13-9-18-4-3-5-19-15-25-11-8-20(18)19;1-17-7-8-23-20(13-17)21-16-26(2)11-10-24(21)27(23)12-9-18-14-19-5-3-4-6-22(19)25-15-18;1-15-11-16(2)22-19(12-15)20-14-24(4)10-7-21(20)25(22)13-17(3)18-5-8-23-9-6-18/h3-12,15-16H,13-14,17H2,1-2H3;3-8,11,14-15H,10,12,16H2,1-2H3;3-8,13-15H,10-11,16H2,1-2H3;5-6,8-9,11-13H,7,10,14H2,1-4H3/b15-12+;;;17-13+. The number of allylic oxidation sites excluding steroid dienone is 1. The third kappa shape index (κ3) is 13.9. The number of aromatic nitrogens is 7. The maximum absolute atomic E-state index is 4.53. The molecule has 11 heterocycles. The molecule has 106 heavy (non-hydrogen) atoms. The zero-order valence-electron chi connectivity index (χ0n) is 62.8. The number of fused-ring (bicyclic) bond motifs is 15. The second-order valence-electron chi connectivity index (χ2n) is 29.8. The van der Waals surface area contributed by atoms with Gasteiger partial charge in [-0.05, 0) is 222 Å². The zero-order valence-corrected chi connectivity index (χ0v) is 62.8. The molecule has 4 aliphatic rings. The smallest absolute Gasteiger partial charge is 0.0702 e. The summed E-state index contributed by atoms with van der Waals surface area (Å²) in [7, 11) is 8.81. The molecule has 0 atom stereocenters. The number of benzene rings is 8. The van der Waals surface area contributed by atoms with Gasteiger partial charge in [-0.3, -0.25) is 24.1 Å². The van der Waals surface area contributed by atoms with Crippen LogP contribution in [-0.4, -0.2) is 107 Å². The minimum absolute atomic E-state index is 0.948. The fourth-order valence-corrected chi connectivity index (χ4v) is 16.5. The van der Waals surface area contributed by atoms with E-state index in [2.05, 4.69) is 317 Å². The number of nitrogens with zero attached hydrogens (tertiary/aromatic N) is 11. The molecule has 526 valence electrons. The van der Waals surface area contributed by atoms with Crippen molar-refractivity contribution in [3.63, 3.8) is 0 Å². The molecule has 0 spiro atoms. The Morgan fingerprint density at radius 1 is 0.415 bits per heavy atom. The van der Waals surface area contributed by atoms with Crippen molar-refractivity contribution >= 4 is 100 Å². The molecule has 11 nitrogen and oxygen atoms in total. The number of likely N-dealkylation sites (N-methyl/N-ethyl adjacent to an activating group) is 4. The fourth-order valence-electron chi connectivity index (χ4n) is 16.5. The number of aryl methyl sites for hydroxylation is 5. The summed E-state index contributed by atoms with van der Waals surface area (Å²) in [5.41, 5.74) is 30.0. The Hall–Kier alpha value is -11.4. The van der Waals surface area contributed by atoms with Crippen molar-refractivity contribution in [1.82, 2.24) is 52.8 Å². The Morgan fingerprint density at radius 3 is 1.59 bits per heavy atom. The van der Waals surface area contributed by atoms with Crippen molar-refractivity contribution in [3.05, 3.63) is 302 Å². The van der Waals surface area contributed by atoms with Crippen LogP contribution < -0.4 is 0 Å². The van der Waals surface area contributed by atoms with Gasteiger partial charge in [0.05, 0.1) is 27.6 Å². The molecule has 0 amide bonds. The Labute approximate surface area is 623 Å². The molecule has 11 heteroatoms. The predicted molar refractivity (Wildman–Crippen MR) is 443 cm³/mol. The topological polar surface area (TPSA) is 71.4 Å². The highest BCUT2D eigenvalue weighted by Crippen LogP contribution is 2.38. The molecular weight excluding hydrogens is 1300 g/mol. The molecule has 0 fully saturated rings. The number of pyridine rings is 3. The van der Waals surface area contributed by atoms with Crippen LogP contribution in [0.2, 0.25) is 0 Å². The summed E-state index contributed by atoms with van der Waals surface area (Å²) in [6, 6.07) is 69.6. The van der Waals surface area contributed by atoms with Crippen LogP contribution in [0.5, 0.6) is 0 Å². The molecule has 4 aliphatic heterocycles.